The highest BCUT2D eigenvalue weighted by Crippen LogP contribution is 2.30. The molecule has 1 unspecified atom stereocenters. The Morgan fingerprint density at radius 1 is 1.13 bits per heavy atom. The quantitative estimate of drug-likeness (QED) is 0.632. The number of benzene rings is 2. The van der Waals surface area contributed by atoms with Gasteiger partial charge in [0.15, 0.2) is 5.82 Å². The van der Waals surface area contributed by atoms with E-state index in [2.05, 4.69) is 10.3 Å². The molecular formula is C24H28N4O3. The Hall–Kier alpha value is -3.35. The molecule has 31 heavy (non-hydrogen) atoms. The van der Waals surface area contributed by atoms with E-state index >= 15 is 0 Å². The van der Waals surface area contributed by atoms with Crippen molar-refractivity contribution in [3.05, 3.63) is 48.5 Å². The molecule has 1 aromatic heterocycles. The first kappa shape index (κ1) is 20.9. The van der Waals surface area contributed by atoms with E-state index in [9.17, 15) is 9.90 Å². The Bertz CT molecular complexity index is 1090. The Balaban J connectivity index is 1.62. The van der Waals surface area contributed by atoms with Gasteiger partial charge in [0.25, 0.3) is 0 Å². The van der Waals surface area contributed by atoms with Crippen LogP contribution in [-0.4, -0.2) is 50.8 Å². The molecule has 3 aromatic rings. The molecule has 7 heteroatoms. The lowest BCUT2D eigenvalue weighted by atomic mass is 10.1. The van der Waals surface area contributed by atoms with Crippen molar-refractivity contribution in [2.45, 2.75) is 45.3 Å². The highest BCUT2D eigenvalue weighted by molar-refractivity contribution is 5.91. The highest BCUT2D eigenvalue weighted by atomic mass is 16.6. The van der Waals surface area contributed by atoms with E-state index in [-0.39, 0.29) is 17.9 Å². The fraction of sp³-hybridized carbons (Fsp3) is 0.375. The topological polar surface area (TPSA) is 87.6 Å². The number of aromatic nitrogens is 2. The Labute approximate surface area is 182 Å². The van der Waals surface area contributed by atoms with Gasteiger partial charge in [-0.3, -0.25) is 0 Å². The number of piperidine rings is 1. The van der Waals surface area contributed by atoms with Gasteiger partial charge in [-0.15, -0.1) is 0 Å². The van der Waals surface area contributed by atoms with Crippen LogP contribution in [0.1, 0.15) is 33.6 Å². The number of phenolic OH excluding ortho intramolecular Hbond substituents is 1. The van der Waals surface area contributed by atoms with Crippen LogP contribution in [0.15, 0.2) is 48.5 Å². The average molecular weight is 421 g/mol. The molecule has 0 bridgehead atoms. The number of carbonyl (C=O) groups is 1. The Morgan fingerprint density at radius 3 is 2.65 bits per heavy atom. The Kier molecular flexibility index (Phi) is 5.67. The lowest BCUT2D eigenvalue weighted by Gasteiger charge is -2.34. The summed E-state index contributed by atoms with van der Waals surface area (Å²) in [5.74, 6) is 1.29. The van der Waals surface area contributed by atoms with Crippen molar-refractivity contribution >= 4 is 22.8 Å². The minimum atomic E-state index is -0.521. The van der Waals surface area contributed by atoms with Gasteiger partial charge in [-0.1, -0.05) is 24.3 Å². The molecule has 2 N–H and O–H groups in total. The number of rotatable bonds is 3. The van der Waals surface area contributed by atoms with Crippen LogP contribution in [0.5, 0.6) is 5.75 Å². The van der Waals surface area contributed by atoms with Gasteiger partial charge in [-0.25, -0.2) is 14.8 Å². The molecule has 0 radical (unpaired) electrons. The van der Waals surface area contributed by atoms with Crippen LogP contribution in [-0.2, 0) is 4.74 Å². The second-order valence-corrected chi connectivity index (χ2v) is 8.84. The molecule has 1 fully saturated rings. The van der Waals surface area contributed by atoms with E-state index in [0.29, 0.717) is 30.3 Å². The lowest BCUT2D eigenvalue weighted by Crippen LogP contribution is -2.47. The van der Waals surface area contributed by atoms with Crippen LogP contribution in [0.3, 0.4) is 0 Å². The largest absolute Gasteiger partial charge is 0.507 e. The van der Waals surface area contributed by atoms with Crippen molar-refractivity contribution in [3.63, 3.8) is 0 Å². The SMILES string of the molecule is CC(C)(C)OC(=O)N1CCCC(Nc2nc(-c3ccccc3O)nc3ccccc23)C1. The summed E-state index contributed by atoms with van der Waals surface area (Å²) in [7, 11) is 0. The maximum atomic E-state index is 12.5. The lowest BCUT2D eigenvalue weighted by molar-refractivity contribution is 0.0206. The summed E-state index contributed by atoms with van der Waals surface area (Å²) in [6.45, 7) is 6.84. The summed E-state index contributed by atoms with van der Waals surface area (Å²) in [6, 6.07) is 14.9. The number of fused-ring (bicyclic) bond motifs is 1. The van der Waals surface area contributed by atoms with Crippen LogP contribution in [0.4, 0.5) is 10.6 Å². The van der Waals surface area contributed by atoms with Crippen molar-refractivity contribution in [2.75, 3.05) is 18.4 Å². The number of phenols is 1. The Morgan fingerprint density at radius 2 is 1.87 bits per heavy atom. The normalized spacial score (nSPS) is 16.9. The number of anilines is 1. The molecule has 7 nitrogen and oxygen atoms in total. The second-order valence-electron chi connectivity index (χ2n) is 8.84. The number of ether oxygens (including phenoxy) is 1. The number of likely N-dealkylation sites (tertiary alicyclic amines) is 1. The van der Waals surface area contributed by atoms with E-state index in [1.54, 1.807) is 23.1 Å². The molecule has 4 rings (SSSR count). The molecule has 1 aliphatic rings. The number of aromatic hydroxyl groups is 1. The molecule has 2 heterocycles. The van der Waals surface area contributed by atoms with E-state index in [0.717, 1.165) is 23.7 Å². The number of amides is 1. The molecule has 0 spiro atoms. The maximum Gasteiger partial charge on any atom is 0.410 e. The second kappa shape index (κ2) is 8.41. The van der Waals surface area contributed by atoms with Crippen molar-refractivity contribution in [3.8, 4) is 17.1 Å². The van der Waals surface area contributed by atoms with Crippen molar-refractivity contribution in [1.82, 2.24) is 14.9 Å². The number of nitrogens with one attached hydrogen (secondary N) is 1. The van der Waals surface area contributed by atoms with Gasteiger partial charge in [-0.2, -0.15) is 0 Å². The smallest absolute Gasteiger partial charge is 0.410 e. The minimum absolute atomic E-state index is 0.0387. The van der Waals surface area contributed by atoms with Crippen molar-refractivity contribution in [1.29, 1.82) is 0 Å². The summed E-state index contributed by atoms with van der Waals surface area (Å²) in [5, 5.41) is 14.7. The minimum Gasteiger partial charge on any atom is -0.507 e. The van der Waals surface area contributed by atoms with Crippen LogP contribution in [0, 0.1) is 0 Å². The van der Waals surface area contributed by atoms with E-state index in [4.69, 9.17) is 9.72 Å². The zero-order chi connectivity index (χ0) is 22.0. The van der Waals surface area contributed by atoms with Crippen LogP contribution in [0.25, 0.3) is 22.3 Å². The number of carbonyl (C=O) groups excluding carboxylic acids is 1. The highest BCUT2D eigenvalue weighted by Gasteiger charge is 2.28. The zero-order valence-electron chi connectivity index (χ0n) is 18.1. The number of para-hydroxylation sites is 2. The third-order valence-corrected chi connectivity index (χ3v) is 5.16. The molecule has 0 saturated carbocycles. The molecule has 1 atom stereocenters. The molecule has 162 valence electrons. The molecule has 1 saturated heterocycles. The maximum absolute atomic E-state index is 12.5. The number of nitrogens with zero attached hydrogens (tertiary/aromatic N) is 3. The summed E-state index contributed by atoms with van der Waals surface area (Å²) in [4.78, 5) is 23.7. The molecule has 1 aliphatic heterocycles. The summed E-state index contributed by atoms with van der Waals surface area (Å²) in [5.41, 5.74) is 0.848. The third-order valence-electron chi connectivity index (χ3n) is 5.16. The first-order valence-electron chi connectivity index (χ1n) is 10.6. The predicted molar refractivity (Wildman–Crippen MR) is 121 cm³/mol. The summed E-state index contributed by atoms with van der Waals surface area (Å²) < 4.78 is 5.54. The first-order chi connectivity index (χ1) is 14.8. The zero-order valence-corrected chi connectivity index (χ0v) is 18.1. The van der Waals surface area contributed by atoms with E-state index in [1.165, 1.54) is 0 Å². The molecule has 2 aromatic carbocycles. The van der Waals surface area contributed by atoms with Gasteiger partial charge >= 0.3 is 6.09 Å². The van der Waals surface area contributed by atoms with Gasteiger partial charge in [0, 0.05) is 24.5 Å². The average Bonchev–Trinajstić information content (AvgIpc) is 2.73. The summed E-state index contributed by atoms with van der Waals surface area (Å²) in [6.07, 6.45) is 1.51. The molecule has 1 amide bonds. The number of hydrogen-bond acceptors (Lipinski definition) is 6. The van der Waals surface area contributed by atoms with Crippen LogP contribution < -0.4 is 5.32 Å². The third kappa shape index (κ3) is 4.87. The van der Waals surface area contributed by atoms with E-state index < -0.39 is 5.60 Å². The van der Waals surface area contributed by atoms with Gasteiger partial charge < -0.3 is 20.1 Å². The fourth-order valence-electron chi connectivity index (χ4n) is 3.75. The molecule has 0 aliphatic carbocycles. The van der Waals surface area contributed by atoms with Gasteiger partial charge in [0.2, 0.25) is 0 Å². The van der Waals surface area contributed by atoms with Crippen molar-refractivity contribution < 1.29 is 14.6 Å². The monoisotopic (exact) mass is 420 g/mol. The van der Waals surface area contributed by atoms with Crippen LogP contribution in [0.2, 0.25) is 0 Å². The number of hydrogen-bond donors (Lipinski definition) is 2. The van der Waals surface area contributed by atoms with Crippen molar-refractivity contribution in [2.24, 2.45) is 0 Å². The van der Waals surface area contributed by atoms with Crippen LogP contribution >= 0.6 is 0 Å². The standard InChI is InChI=1S/C24H28N4O3/c1-24(2,3)31-23(30)28-14-8-9-16(15-28)25-21-17-10-4-6-12-19(17)26-22(27-21)18-11-5-7-13-20(18)29/h4-7,10-13,16,29H,8-9,14-15H2,1-3H3,(H,25,26,27). The molecular weight excluding hydrogens is 392 g/mol. The fourth-order valence-corrected chi connectivity index (χ4v) is 3.75. The first-order valence-corrected chi connectivity index (χ1v) is 10.6. The summed E-state index contributed by atoms with van der Waals surface area (Å²) >= 11 is 0. The predicted octanol–water partition coefficient (Wildman–Crippen LogP) is 4.81. The van der Waals surface area contributed by atoms with E-state index in [1.807, 2.05) is 51.1 Å². The van der Waals surface area contributed by atoms with Gasteiger partial charge in [-0.05, 0) is 57.9 Å². The van der Waals surface area contributed by atoms with Gasteiger partial charge in [0.1, 0.15) is 17.2 Å². The van der Waals surface area contributed by atoms with Gasteiger partial charge in [0.05, 0.1) is 11.1 Å².